The molecule has 0 atom stereocenters. The second kappa shape index (κ2) is 5.15. The minimum Gasteiger partial charge on any atom is -0.444 e. The Bertz CT molecular complexity index is 529. The molecule has 0 amide bonds. The molecule has 0 aliphatic heterocycles. The molecule has 1 aromatic heterocycles. The molecule has 1 aliphatic rings. The lowest BCUT2D eigenvalue weighted by Gasteiger charge is -2.18. The number of rotatable bonds is 2. The van der Waals surface area contributed by atoms with Crippen molar-refractivity contribution in [1.29, 1.82) is 0 Å². The van der Waals surface area contributed by atoms with E-state index in [9.17, 15) is 0 Å². The lowest BCUT2D eigenvalue weighted by atomic mass is 9.87. The smallest absolute Gasteiger partial charge is 0.226 e. The summed E-state index contributed by atoms with van der Waals surface area (Å²) in [6.07, 6.45) is 8.26. The third kappa shape index (κ3) is 2.44. The van der Waals surface area contributed by atoms with Crippen LogP contribution in [0, 0.1) is 0 Å². The van der Waals surface area contributed by atoms with Gasteiger partial charge in [0.25, 0.3) is 0 Å². The highest BCUT2D eigenvalue weighted by molar-refractivity contribution is 6.30. The van der Waals surface area contributed by atoms with E-state index < -0.39 is 0 Å². The second-order valence-corrected chi connectivity index (χ2v) is 5.36. The molecule has 0 unspecified atom stereocenters. The van der Waals surface area contributed by atoms with E-state index in [0.717, 1.165) is 11.3 Å². The molecule has 2 aromatic rings. The fraction of sp³-hybridized carbons (Fsp3) is 0.400. The zero-order valence-corrected chi connectivity index (χ0v) is 11.0. The molecule has 1 aromatic carbocycles. The molecule has 0 bridgehead atoms. The number of halogens is 1. The van der Waals surface area contributed by atoms with Gasteiger partial charge in [0.1, 0.15) is 6.26 Å². The van der Waals surface area contributed by atoms with Crippen LogP contribution in [0.3, 0.4) is 0 Å². The molecule has 94 valence electrons. The minimum absolute atomic E-state index is 0.579. The zero-order valence-electron chi connectivity index (χ0n) is 10.2. The minimum atomic E-state index is 0.579. The van der Waals surface area contributed by atoms with Gasteiger partial charge in [0.15, 0.2) is 0 Å². The topological polar surface area (TPSA) is 26.0 Å². The predicted octanol–water partition coefficient (Wildman–Crippen LogP) is 5.04. The third-order valence-electron chi connectivity index (χ3n) is 3.62. The van der Waals surface area contributed by atoms with Gasteiger partial charge >= 0.3 is 0 Å². The Labute approximate surface area is 112 Å². The molecular weight excluding hydrogens is 246 g/mol. The number of nitrogens with zero attached hydrogens (tertiary/aromatic N) is 1. The number of hydrogen-bond acceptors (Lipinski definition) is 2. The maximum Gasteiger partial charge on any atom is 0.226 e. The first-order valence-electron chi connectivity index (χ1n) is 6.54. The van der Waals surface area contributed by atoms with Crippen LogP contribution in [-0.2, 0) is 0 Å². The van der Waals surface area contributed by atoms with Crippen molar-refractivity contribution in [2.24, 2.45) is 0 Å². The summed E-state index contributed by atoms with van der Waals surface area (Å²) in [7, 11) is 0. The van der Waals surface area contributed by atoms with Gasteiger partial charge in [-0.1, -0.05) is 36.9 Å². The average molecular weight is 262 g/mol. The van der Waals surface area contributed by atoms with Gasteiger partial charge in [-0.2, -0.15) is 0 Å². The largest absolute Gasteiger partial charge is 0.444 e. The Morgan fingerprint density at radius 2 is 2.00 bits per heavy atom. The first-order chi connectivity index (χ1) is 8.83. The fourth-order valence-corrected chi connectivity index (χ4v) is 2.82. The highest BCUT2D eigenvalue weighted by atomic mass is 35.5. The molecule has 0 radical (unpaired) electrons. The first kappa shape index (κ1) is 11.8. The van der Waals surface area contributed by atoms with Crippen molar-refractivity contribution in [2.75, 3.05) is 0 Å². The monoisotopic (exact) mass is 261 g/mol. The number of aromatic nitrogens is 1. The van der Waals surface area contributed by atoms with Crippen molar-refractivity contribution >= 4 is 11.6 Å². The number of oxazole rings is 1. The van der Waals surface area contributed by atoms with Crippen LogP contribution >= 0.6 is 11.6 Å². The van der Waals surface area contributed by atoms with Crippen molar-refractivity contribution in [2.45, 2.75) is 38.0 Å². The van der Waals surface area contributed by atoms with Gasteiger partial charge in [-0.05, 0) is 31.0 Å². The van der Waals surface area contributed by atoms with Gasteiger partial charge in [-0.25, -0.2) is 4.98 Å². The summed E-state index contributed by atoms with van der Waals surface area (Å²) in [5.74, 6) is 1.26. The van der Waals surface area contributed by atoms with Gasteiger partial charge in [0.05, 0.1) is 5.69 Å². The molecule has 3 heteroatoms. The van der Waals surface area contributed by atoms with Crippen molar-refractivity contribution in [1.82, 2.24) is 4.98 Å². The van der Waals surface area contributed by atoms with Crippen LogP contribution in [0.25, 0.3) is 11.5 Å². The molecule has 0 N–H and O–H groups in total. The Hall–Kier alpha value is -1.28. The molecule has 1 aliphatic carbocycles. The van der Waals surface area contributed by atoms with Crippen LogP contribution in [0.4, 0.5) is 0 Å². The Morgan fingerprint density at radius 3 is 2.78 bits per heavy atom. The normalized spacial score (nSPS) is 16.9. The van der Waals surface area contributed by atoms with Gasteiger partial charge in [0.2, 0.25) is 5.89 Å². The van der Waals surface area contributed by atoms with Crippen LogP contribution < -0.4 is 0 Å². The lowest BCUT2D eigenvalue weighted by molar-refractivity contribution is 0.435. The highest BCUT2D eigenvalue weighted by Crippen LogP contribution is 2.33. The molecule has 18 heavy (non-hydrogen) atoms. The Morgan fingerprint density at radius 1 is 1.17 bits per heavy atom. The van der Waals surface area contributed by atoms with Crippen molar-refractivity contribution in [3.8, 4) is 11.5 Å². The van der Waals surface area contributed by atoms with Gasteiger partial charge in [-0.3, -0.25) is 0 Å². The van der Waals surface area contributed by atoms with Crippen molar-refractivity contribution in [3.05, 3.63) is 41.2 Å². The van der Waals surface area contributed by atoms with E-state index in [4.69, 9.17) is 16.0 Å². The Balaban J connectivity index is 1.84. The zero-order chi connectivity index (χ0) is 12.4. The van der Waals surface area contributed by atoms with E-state index in [0.29, 0.717) is 16.8 Å². The van der Waals surface area contributed by atoms with Crippen LogP contribution in [0.2, 0.25) is 5.02 Å². The lowest BCUT2D eigenvalue weighted by Crippen LogP contribution is -2.04. The van der Waals surface area contributed by atoms with Crippen LogP contribution in [0.5, 0.6) is 0 Å². The maximum atomic E-state index is 5.98. The van der Waals surface area contributed by atoms with Crippen LogP contribution in [-0.4, -0.2) is 4.98 Å². The summed E-state index contributed by atoms with van der Waals surface area (Å²) in [4.78, 5) is 4.62. The first-order valence-corrected chi connectivity index (χ1v) is 6.92. The van der Waals surface area contributed by atoms with E-state index in [1.807, 2.05) is 30.5 Å². The number of hydrogen-bond donors (Lipinski definition) is 0. The highest BCUT2D eigenvalue weighted by Gasteiger charge is 2.19. The molecule has 2 nitrogen and oxygen atoms in total. The average Bonchev–Trinajstić information content (AvgIpc) is 2.89. The molecule has 0 spiro atoms. The fourth-order valence-electron chi connectivity index (χ4n) is 2.63. The van der Waals surface area contributed by atoms with E-state index in [1.54, 1.807) is 0 Å². The third-order valence-corrected chi connectivity index (χ3v) is 3.85. The van der Waals surface area contributed by atoms with E-state index in [-0.39, 0.29) is 0 Å². The predicted molar refractivity (Wildman–Crippen MR) is 72.8 cm³/mol. The summed E-state index contributed by atoms with van der Waals surface area (Å²) in [6, 6.07) is 7.64. The summed E-state index contributed by atoms with van der Waals surface area (Å²) in [6.45, 7) is 0. The molecule has 0 saturated heterocycles. The van der Waals surface area contributed by atoms with Crippen LogP contribution in [0.1, 0.15) is 43.7 Å². The quantitative estimate of drug-likeness (QED) is 0.757. The van der Waals surface area contributed by atoms with E-state index in [1.165, 1.54) is 32.1 Å². The summed E-state index contributed by atoms with van der Waals surface area (Å²) >= 11 is 5.98. The van der Waals surface area contributed by atoms with Gasteiger partial charge in [-0.15, -0.1) is 0 Å². The summed E-state index contributed by atoms with van der Waals surface area (Å²) in [5, 5.41) is 0.713. The van der Waals surface area contributed by atoms with Crippen molar-refractivity contribution < 1.29 is 4.42 Å². The molecule has 1 fully saturated rings. The van der Waals surface area contributed by atoms with Crippen molar-refractivity contribution in [3.63, 3.8) is 0 Å². The van der Waals surface area contributed by atoms with E-state index in [2.05, 4.69) is 4.98 Å². The van der Waals surface area contributed by atoms with E-state index >= 15 is 0 Å². The van der Waals surface area contributed by atoms with Gasteiger partial charge in [0, 0.05) is 16.5 Å². The molecule has 1 saturated carbocycles. The molecule has 1 heterocycles. The van der Waals surface area contributed by atoms with Crippen LogP contribution in [0.15, 0.2) is 34.9 Å². The second-order valence-electron chi connectivity index (χ2n) is 4.92. The molecule has 3 rings (SSSR count). The standard InChI is InChI=1S/C15H16ClNO/c16-13-8-4-7-12(9-13)15-17-14(10-18-15)11-5-2-1-3-6-11/h4,7-11H,1-3,5-6H2. The number of benzene rings is 1. The Kier molecular flexibility index (Phi) is 3.37. The SMILES string of the molecule is Clc1cccc(-c2nc(C3CCCCC3)co2)c1. The maximum absolute atomic E-state index is 5.98. The summed E-state index contributed by atoms with van der Waals surface area (Å²) < 4.78 is 5.59. The van der Waals surface area contributed by atoms with Gasteiger partial charge < -0.3 is 4.42 Å². The summed E-state index contributed by atoms with van der Waals surface area (Å²) in [5.41, 5.74) is 2.05. The molecular formula is C15H16ClNO.